The monoisotopic (exact) mass is 669 g/mol. The number of ketones is 2. The summed E-state index contributed by atoms with van der Waals surface area (Å²) in [7, 11) is 0. The standard InChI is InChI=1S/C39H72O8/c1-3-5-7-9-11-13-15-17-19-21-23-25-27-29-34(42)36(37(44)45)39(38(46)47,31-33(41)32-40)35(43)30-28-26-24-22-20-18-16-14-12-10-8-6-4-2/h33,36,40-41H,3-32H2,1-2H3,(H,44,45)(H,46,47). The van der Waals surface area contributed by atoms with E-state index in [4.69, 9.17) is 0 Å². The third kappa shape index (κ3) is 21.0. The lowest BCUT2D eigenvalue weighted by Crippen LogP contribution is -2.54. The second kappa shape index (κ2) is 30.3. The van der Waals surface area contributed by atoms with Crippen LogP contribution in [0.2, 0.25) is 0 Å². The highest BCUT2D eigenvalue weighted by molar-refractivity contribution is 6.14. The zero-order valence-corrected chi connectivity index (χ0v) is 30.3. The average molecular weight is 669 g/mol. The van der Waals surface area contributed by atoms with E-state index in [2.05, 4.69) is 13.8 Å². The van der Waals surface area contributed by atoms with E-state index >= 15 is 0 Å². The molecule has 0 saturated carbocycles. The van der Waals surface area contributed by atoms with Crippen molar-refractivity contribution in [1.82, 2.24) is 0 Å². The van der Waals surface area contributed by atoms with E-state index in [0.29, 0.717) is 19.3 Å². The fourth-order valence-corrected chi connectivity index (χ4v) is 6.77. The average Bonchev–Trinajstić information content (AvgIpc) is 3.04. The van der Waals surface area contributed by atoms with Crippen LogP contribution in [0.4, 0.5) is 0 Å². The number of hydrogen-bond acceptors (Lipinski definition) is 6. The molecule has 0 aliphatic rings. The largest absolute Gasteiger partial charge is 0.481 e. The van der Waals surface area contributed by atoms with Gasteiger partial charge in [0, 0.05) is 12.8 Å². The van der Waals surface area contributed by atoms with Crippen molar-refractivity contribution in [1.29, 1.82) is 0 Å². The number of carboxylic acid groups (broad SMARTS) is 2. The summed E-state index contributed by atoms with van der Waals surface area (Å²) in [6.45, 7) is 3.60. The van der Waals surface area contributed by atoms with Gasteiger partial charge >= 0.3 is 11.9 Å². The van der Waals surface area contributed by atoms with E-state index < -0.39 is 54.0 Å². The van der Waals surface area contributed by atoms with Crippen molar-refractivity contribution in [2.75, 3.05) is 6.61 Å². The maximum Gasteiger partial charge on any atom is 0.318 e. The van der Waals surface area contributed by atoms with Crippen molar-refractivity contribution in [2.45, 2.75) is 206 Å². The Bertz CT molecular complexity index is 813. The van der Waals surface area contributed by atoms with Crippen molar-refractivity contribution in [3.8, 4) is 0 Å². The van der Waals surface area contributed by atoms with Gasteiger partial charge in [-0.05, 0) is 19.3 Å². The van der Waals surface area contributed by atoms with Crippen LogP contribution in [0.15, 0.2) is 0 Å². The van der Waals surface area contributed by atoms with Crippen molar-refractivity contribution in [3.63, 3.8) is 0 Å². The first-order valence-corrected chi connectivity index (χ1v) is 19.5. The number of aliphatic hydroxyl groups excluding tert-OH is 2. The highest BCUT2D eigenvalue weighted by Gasteiger charge is 2.58. The fourth-order valence-electron chi connectivity index (χ4n) is 6.77. The summed E-state index contributed by atoms with van der Waals surface area (Å²) in [6.07, 6.45) is 25.9. The minimum Gasteiger partial charge on any atom is -0.481 e. The number of carbonyl (C=O) groups is 4. The second-order valence-electron chi connectivity index (χ2n) is 14.0. The van der Waals surface area contributed by atoms with Gasteiger partial charge in [0.15, 0.2) is 5.78 Å². The number of aliphatic carboxylic acids is 2. The summed E-state index contributed by atoms with van der Waals surface area (Å²) in [5.74, 6) is -7.15. The Morgan fingerprint density at radius 1 is 0.511 bits per heavy atom. The molecule has 8 nitrogen and oxygen atoms in total. The molecule has 0 aliphatic heterocycles. The smallest absolute Gasteiger partial charge is 0.318 e. The van der Waals surface area contributed by atoms with Gasteiger partial charge < -0.3 is 20.4 Å². The molecule has 0 aromatic carbocycles. The lowest BCUT2D eigenvalue weighted by molar-refractivity contribution is -0.173. The van der Waals surface area contributed by atoms with E-state index in [-0.39, 0.29) is 12.8 Å². The molecule has 0 saturated heterocycles. The van der Waals surface area contributed by atoms with E-state index in [0.717, 1.165) is 44.9 Å². The Kier molecular flexibility index (Phi) is 29.1. The summed E-state index contributed by atoms with van der Waals surface area (Å²) >= 11 is 0. The number of rotatable bonds is 36. The minimum absolute atomic E-state index is 0.134. The van der Waals surface area contributed by atoms with Gasteiger partial charge in [-0.25, -0.2) is 0 Å². The van der Waals surface area contributed by atoms with Crippen LogP contribution in [0, 0.1) is 11.3 Å². The molecule has 8 heteroatoms. The van der Waals surface area contributed by atoms with Crippen molar-refractivity contribution in [3.05, 3.63) is 0 Å². The fraction of sp³-hybridized carbons (Fsp3) is 0.897. The molecule has 47 heavy (non-hydrogen) atoms. The number of aliphatic hydroxyl groups is 2. The molecule has 3 atom stereocenters. The summed E-state index contributed by atoms with van der Waals surface area (Å²) in [6, 6.07) is 0. The predicted molar refractivity (Wildman–Crippen MR) is 190 cm³/mol. The molecule has 0 heterocycles. The van der Waals surface area contributed by atoms with E-state index in [1.807, 2.05) is 0 Å². The van der Waals surface area contributed by atoms with Crippen LogP contribution in [-0.4, -0.2) is 56.6 Å². The highest BCUT2D eigenvalue weighted by Crippen LogP contribution is 2.39. The molecule has 0 amide bonds. The van der Waals surface area contributed by atoms with Crippen molar-refractivity contribution >= 4 is 23.5 Å². The zero-order valence-electron chi connectivity index (χ0n) is 30.3. The highest BCUT2D eigenvalue weighted by atomic mass is 16.4. The van der Waals surface area contributed by atoms with Crippen LogP contribution >= 0.6 is 0 Å². The number of unbranched alkanes of at least 4 members (excludes halogenated alkanes) is 24. The van der Waals surface area contributed by atoms with Crippen LogP contribution in [0.25, 0.3) is 0 Å². The summed E-state index contributed by atoms with van der Waals surface area (Å²) in [5.41, 5.74) is -2.61. The molecular formula is C39H72O8. The normalized spacial score (nSPS) is 14.0. The SMILES string of the molecule is CCCCCCCCCCCCCCCC(=O)C(C(=O)O)C(CC(O)CO)(C(=O)O)C(=O)CCCCCCCCCCCCCCC. The molecule has 4 N–H and O–H groups in total. The van der Waals surface area contributed by atoms with E-state index in [1.54, 1.807) is 0 Å². The summed E-state index contributed by atoms with van der Waals surface area (Å²) < 4.78 is 0. The first-order chi connectivity index (χ1) is 22.7. The lowest BCUT2D eigenvalue weighted by Gasteiger charge is -2.34. The van der Waals surface area contributed by atoms with Crippen LogP contribution < -0.4 is 0 Å². The van der Waals surface area contributed by atoms with E-state index in [1.165, 1.54) is 103 Å². The molecule has 0 aliphatic carbocycles. The Morgan fingerprint density at radius 2 is 0.830 bits per heavy atom. The van der Waals surface area contributed by atoms with Gasteiger partial charge in [0.05, 0.1) is 12.7 Å². The number of carbonyl (C=O) groups excluding carboxylic acids is 2. The van der Waals surface area contributed by atoms with Gasteiger partial charge in [0.1, 0.15) is 17.1 Å². The Hall–Kier alpha value is -1.80. The van der Waals surface area contributed by atoms with Crippen LogP contribution in [0.3, 0.4) is 0 Å². The molecular weight excluding hydrogens is 596 g/mol. The van der Waals surface area contributed by atoms with E-state index in [9.17, 15) is 39.6 Å². The molecule has 0 aromatic rings. The molecule has 3 unspecified atom stereocenters. The lowest BCUT2D eigenvalue weighted by atomic mass is 9.65. The first-order valence-electron chi connectivity index (χ1n) is 19.5. The van der Waals surface area contributed by atoms with Crippen LogP contribution in [-0.2, 0) is 19.2 Å². The van der Waals surface area contributed by atoms with Crippen molar-refractivity contribution in [2.24, 2.45) is 11.3 Å². The van der Waals surface area contributed by atoms with Crippen LogP contribution in [0.5, 0.6) is 0 Å². The minimum atomic E-state index is -2.61. The third-order valence-electron chi connectivity index (χ3n) is 9.74. The molecule has 0 spiro atoms. The van der Waals surface area contributed by atoms with Gasteiger partial charge in [-0.3, -0.25) is 19.2 Å². The quantitative estimate of drug-likeness (QED) is 0.0381. The second-order valence-corrected chi connectivity index (χ2v) is 14.0. The molecule has 276 valence electrons. The maximum absolute atomic E-state index is 13.5. The number of hydrogen-bond donors (Lipinski definition) is 4. The van der Waals surface area contributed by atoms with Gasteiger partial charge in [0.25, 0.3) is 0 Å². The van der Waals surface area contributed by atoms with Gasteiger partial charge in [-0.2, -0.15) is 0 Å². The van der Waals surface area contributed by atoms with Crippen LogP contribution in [0.1, 0.15) is 200 Å². The Labute approximate surface area is 286 Å². The zero-order chi connectivity index (χ0) is 35.2. The Morgan fingerprint density at radius 3 is 1.13 bits per heavy atom. The summed E-state index contributed by atoms with van der Waals surface area (Å²) in [4.78, 5) is 51.8. The maximum atomic E-state index is 13.5. The summed E-state index contributed by atoms with van der Waals surface area (Å²) in [5, 5.41) is 40.0. The topological polar surface area (TPSA) is 149 Å². The first kappa shape index (κ1) is 45.2. The third-order valence-corrected chi connectivity index (χ3v) is 9.74. The molecule has 0 radical (unpaired) electrons. The number of carboxylic acids is 2. The van der Waals surface area contributed by atoms with Gasteiger partial charge in [-0.1, -0.05) is 168 Å². The number of Topliss-reactive ketones (excluding diaryl/α,β-unsaturated/α-hetero) is 2. The van der Waals surface area contributed by atoms with Crippen molar-refractivity contribution < 1.29 is 39.6 Å². The Balaban J connectivity index is 4.82. The molecule has 0 rings (SSSR count). The van der Waals surface area contributed by atoms with Gasteiger partial charge in [0.2, 0.25) is 0 Å². The predicted octanol–water partition coefficient (Wildman–Crippen LogP) is 9.60. The molecule has 0 bridgehead atoms. The van der Waals surface area contributed by atoms with Gasteiger partial charge in [-0.15, -0.1) is 0 Å². The molecule has 0 fully saturated rings. The molecule has 0 aromatic heterocycles.